The van der Waals surface area contributed by atoms with Crippen molar-refractivity contribution in [2.24, 2.45) is 0 Å². The third-order valence-electron chi connectivity index (χ3n) is 3.13. The molecule has 20 heavy (non-hydrogen) atoms. The predicted molar refractivity (Wildman–Crippen MR) is 80.2 cm³/mol. The highest BCUT2D eigenvalue weighted by molar-refractivity contribution is 6.33. The van der Waals surface area contributed by atoms with E-state index >= 15 is 0 Å². The van der Waals surface area contributed by atoms with Crippen molar-refractivity contribution in [3.8, 4) is 0 Å². The van der Waals surface area contributed by atoms with Crippen molar-refractivity contribution in [1.82, 2.24) is 4.98 Å². The molecule has 0 aliphatic carbocycles. The molecule has 2 rings (SSSR count). The average Bonchev–Trinajstić information content (AvgIpc) is 2.38. The number of aromatic nitrogens is 1. The van der Waals surface area contributed by atoms with E-state index in [1.54, 1.807) is 0 Å². The lowest BCUT2D eigenvalue weighted by atomic mass is 10.1. The molecular weight excluding hydrogens is 276 g/mol. The lowest BCUT2D eigenvalue weighted by Crippen LogP contribution is -2.13. The van der Waals surface area contributed by atoms with Crippen molar-refractivity contribution in [2.75, 3.05) is 11.9 Å². The first-order valence-corrected chi connectivity index (χ1v) is 6.47. The van der Waals surface area contributed by atoms with Gasteiger partial charge in [0.05, 0.1) is 10.6 Å². The van der Waals surface area contributed by atoms with E-state index in [1.807, 2.05) is 37.9 Å². The molecule has 1 heterocycles. The summed E-state index contributed by atoms with van der Waals surface area (Å²) in [5, 5.41) is 9.24. The zero-order chi connectivity index (χ0) is 14.9. The average molecular weight is 291 g/mol. The van der Waals surface area contributed by atoms with Crippen LogP contribution in [-0.2, 0) is 0 Å². The summed E-state index contributed by atoms with van der Waals surface area (Å²) >= 11 is 5.83. The molecule has 0 saturated heterocycles. The minimum Gasteiger partial charge on any atom is -0.478 e. The monoisotopic (exact) mass is 290 g/mol. The molecule has 0 fully saturated rings. The molecular formula is C15H15ClN2O2. The summed E-state index contributed by atoms with van der Waals surface area (Å²) in [7, 11) is 1.85. The van der Waals surface area contributed by atoms with Crippen molar-refractivity contribution >= 4 is 29.1 Å². The highest BCUT2D eigenvalue weighted by Gasteiger charge is 2.14. The van der Waals surface area contributed by atoms with Gasteiger partial charge in [0.1, 0.15) is 5.82 Å². The van der Waals surface area contributed by atoms with Crippen LogP contribution in [0.5, 0.6) is 0 Å². The lowest BCUT2D eigenvalue weighted by molar-refractivity contribution is 0.0697. The molecule has 104 valence electrons. The van der Waals surface area contributed by atoms with E-state index in [-0.39, 0.29) is 10.6 Å². The van der Waals surface area contributed by atoms with E-state index in [4.69, 9.17) is 16.7 Å². The first-order valence-electron chi connectivity index (χ1n) is 6.10. The van der Waals surface area contributed by atoms with Gasteiger partial charge in [-0.3, -0.25) is 0 Å². The quantitative estimate of drug-likeness (QED) is 0.934. The van der Waals surface area contributed by atoms with Gasteiger partial charge in [-0.15, -0.1) is 0 Å². The van der Waals surface area contributed by atoms with Crippen molar-refractivity contribution in [3.63, 3.8) is 0 Å². The number of aromatic carboxylic acids is 1. The van der Waals surface area contributed by atoms with Crippen molar-refractivity contribution in [2.45, 2.75) is 13.8 Å². The Bertz CT molecular complexity index is 671. The number of carbonyl (C=O) groups is 1. The highest BCUT2D eigenvalue weighted by Crippen LogP contribution is 2.28. The fraction of sp³-hybridized carbons (Fsp3) is 0.200. The molecule has 1 aromatic heterocycles. The molecule has 2 aromatic rings. The van der Waals surface area contributed by atoms with Crippen LogP contribution >= 0.6 is 11.6 Å². The Morgan fingerprint density at radius 2 is 2.00 bits per heavy atom. The standard InChI is InChI=1S/C15H15ClN2O2/c1-9-4-5-13(10(2)6-9)18(3)14-7-11(15(19)20)12(16)8-17-14/h4-8H,1-3H3,(H,19,20). The summed E-state index contributed by atoms with van der Waals surface area (Å²) in [5.41, 5.74) is 3.30. The van der Waals surface area contributed by atoms with Crippen LogP contribution in [0.3, 0.4) is 0 Å². The minimum atomic E-state index is -1.06. The zero-order valence-electron chi connectivity index (χ0n) is 11.5. The van der Waals surface area contributed by atoms with Gasteiger partial charge in [0.15, 0.2) is 0 Å². The van der Waals surface area contributed by atoms with Crippen LogP contribution in [-0.4, -0.2) is 23.1 Å². The van der Waals surface area contributed by atoms with Crippen LogP contribution in [0.1, 0.15) is 21.5 Å². The van der Waals surface area contributed by atoms with Crippen molar-refractivity contribution in [3.05, 3.63) is 52.2 Å². The van der Waals surface area contributed by atoms with Crippen LogP contribution in [0.15, 0.2) is 30.5 Å². The largest absolute Gasteiger partial charge is 0.478 e. The second kappa shape index (κ2) is 5.51. The number of halogens is 1. The van der Waals surface area contributed by atoms with Crippen LogP contribution in [0, 0.1) is 13.8 Å². The number of benzene rings is 1. The zero-order valence-corrected chi connectivity index (χ0v) is 12.3. The van der Waals surface area contributed by atoms with Gasteiger partial charge < -0.3 is 10.0 Å². The van der Waals surface area contributed by atoms with Gasteiger partial charge in [-0.05, 0) is 31.5 Å². The Morgan fingerprint density at radius 3 is 2.60 bits per heavy atom. The Labute approximate surface area is 122 Å². The summed E-state index contributed by atoms with van der Waals surface area (Å²) in [5.74, 6) is -0.522. The van der Waals surface area contributed by atoms with E-state index in [0.717, 1.165) is 11.3 Å². The number of anilines is 2. The highest BCUT2D eigenvalue weighted by atomic mass is 35.5. The van der Waals surface area contributed by atoms with Crippen molar-refractivity contribution < 1.29 is 9.90 Å². The predicted octanol–water partition coefficient (Wildman–Crippen LogP) is 3.82. The molecule has 0 unspecified atom stereocenters. The molecule has 0 radical (unpaired) electrons. The van der Waals surface area contributed by atoms with Crippen LogP contribution in [0.25, 0.3) is 0 Å². The molecule has 0 atom stereocenters. The summed E-state index contributed by atoms with van der Waals surface area (Å²) in [4.78, 5) is 17.2. The van der Waals surface area contributed by atoms with Gasteiger partial charge in [-0.25, -0.2) is 9.78 Å². The van der Waals surface area contributed by atoms with E-state index in [2.05, 4.69) is 11.1 Å². The molecule has 1 aromatic carbocycles. The second-order valence-corrected chi connectivity index (χ2v) is 5.08. The summed E-state index contributed by atoms with van der Waals surface area (Å²) in [6.07, 6.45) is 1.36. The van der Waals surface area contributed by atoms with E-state index < -0.39 is 5.97 Å². The fourth-order valence-corrected chi connectivity index (χ4v) is 2.26. The molecule has 5 heteroatoms. The maximum absolute atomic E-state index is 11.1. The second-order valence-electron chi connectivity index (χ2n) is 4.68. The normalized spacial score (nSPS) is 10.4. The number of rotatable bonds is 3. The van der Waals surface area contributed by atoms with E-state index in [9.17, 15) is 4.79 Å². The molecule has 0 aliphatic heterocycles. The maximum atomic E-state index is 11.1. The fourth-order valence-electron chi connectivity index (χ4n) is 2.08. The first-order chi connectivity index (χ1) is 9.40. The van der Waals surface area contributed by atoms with Gasteiger partial charge in [0.2, 0.25) is 0 Å². The number of pyridine rings is 1. The molecule has 1 N–H and O–H groups in total. The minimum absolute atomic E-state index is 0.0493. The third kappa shape index (κ3) is 2.75. The SMILES string of the molecule is Cc1ccc(N(C)c2cc(C(=O)O)c(Cl)cn2)c(C)c1. The smallest absolute Gasteiger partial charge is 0.337 e. The van der Waals surface area contributed by atoms with Gasteiger partial charge in [-0.2, -0.15) is 0 Å². The molecule has 0 amide bonds. The summed E-state index contributed by atoms with van der Waals surface area (Å²) < 4.78 is 0. The van der Waals surface area contributed by atoms with E-state index in [0.29, 0.717) is 5.82 Å². The summed E-state index contributed by atoms with van der Waals surface area (Å²) in [6.45, 7) is 4.03. The number of carboxylic acid groups (broad SMARTS) is 1. The molecule has 0 spiro atoms. The number of carboxylic acids is 1. The van der Waals surface area contributed by atoms with Gasteiger partial charge in [-0.1, -0.05) is 29.3 Å². The summed E-state index contributed by atoms with van der Waals surface area (Å²) in [6, 6.07) is 7.54. The lowest BCUT2D eigenvalue weighted by Gasteiger charge is -2.21. The Kier molecular flexibility index (Phi) is 3.95. The molecule has 0 saturated carbocycles. The topological polar surface area (TPSA) is 53.4 Å². The molecule has 0 aliphatic rings. The molecule has 0 bridgehead atoms. The van der Waals surface area contributed by atoms with Crippen LogP contribution < -0.4 is 4.90 Å². The van der Waals surface area contributed by atoms with Gasteiger partial charge in [0.25, 0.3) is 0 Å². The maximum Gasteiger partial charge on any atom is 0.337 e. The van der Waals surface area contributed by atoms with Gasteiger partial charge >= 0.3 is 5.97 Å². The third-order valence-corrected chi connectivity index (χ3v) is 3.43. The van der Waals surface area contributed by atoms with Crippen LogP contribution in [0.2, 0.25) is 5.02 Å². The number of hydrogen-bond acceptors (Lipinski definition) is 3. The van der Waals surface area contributed by atoms with Crippen molar-refractivity contribution in [1.29, 1.82) is 0 Å². The molecule has 4 nitrogen and oxygen atoms in total. The van der Waals surface area contributed by atoms with Crippen LogP contribution in [0.4, 0.5) is 11.5 Å². The number of aryl methyl sites for hydroxylation is 2. The number of hydrogen-bond donors (Lipinski definition) is 1. The Balaban J connectivity index is 2.45. The Morgan fingerprint density at radius 1 is 1.30 bits per heavy atom. The number of nitrogens with zero attached hydrogens (tertiary/aromatic N) is 2. The first kappa shape index (κ1) is 14.3. The van der Waals surface area contributed by atoms with Gasteiger partial charge in [0, 0.05) is 18.9 Å². The van der Waals surface area contributed by atoms with E-state index in [1.165, 1.54) is 17.8 Å². The Hall–Kier alpha value is -2.07.